The second kappa shape index (κ2) is 7.77. The summed E-state index contributed by atoms with van der Waals surface area (Å²) in [4.78, 5) is 18.9. The van der Waals surface area contributed by atoms with Crippen molar-refractivity contribution in [3.63, 3.8) is 0 Å². The molecule has 2 aromatic heterocycles. The van der Waals surface area contributed by atoms with E-state index in [0.717, 1.165) is 0 Å². The number of alkyl halides is 3. The smallest absolute Gasteiger partial charge is 0.417 e. The minimum atomic E-state index is -4.72. The third kappa shape index (κ3) is 3.68. The predicted octanol–water partition coefficient (Wildman–Crippen LogP) is 5.96. The molecule has 0 unspecified atom stereocenters. The maximum Gasteiger partial charge on any atom is 0.417 e. The largest absolute Gasteiger partial charge is 0.480 e. The highest BCUT2D eigenvalue weighted by Gasteiger charge is 2.37. The average Bonchev–Trinajstić information content (AvgIpc) is 2.68. The number of aromatic nitrogens is 2. The van der Waals surface area contributed by atoms with Crippen molar-refractivity contribution in [2.75, 3.05) is 7.11 Å². The molecule has 0 saturated heterocycles. The van der Waals surface area contributed by atoms with Crippen molar-refractivity contribution >= 4 is 29.5 Å². The number of carbonyl (C=O) groups is 1. The van der Waals surface area contributed by atoms with Crippen molar-refractivity contribution < 1.29 is 22.7 Å². The molecule has 28 heavy (non-hydrogen) atoms. The molecule has 0 amide bonds. The van der Waals surface area contributed by atoms with E-state index in [2.05, 4.69) is 9.97 Å². The van der Waals surface area contributed by atoms with Crippen LogP contribution in [0.15, 0.2) is 42.6 Å². The Labute approximate surface area is 167 Å². The summed E-state index contributed by atoms with van der Waals surface area (Å²) in [6.45, 7) is 0. The number of rotatable bonds is 4. The fraction of sp³-hybridized carbons (Fsp3) is 0.105. The second-order valence-electron chi connectivity index (χ2n) is 5.60. The van der Waals surface area contributed by atoms with Crippen LogP contribution in [0.4, 0.5) is 13.2 Å². The molecule has 0 bridgehead atoms. The van der Waals surface area contributed by atoms with Gasteiger partial charge in [0, 0.05) is 17.3 Å². The molecule has 2 heterocycles. The predicted molar refractivity (Wildman–Crippen MR) is 99.9 cm³/mol. The van der Waals surface area contributed by atoms with Crippen molar-refractivity contribution in [3.8, 4) is 28.3 Å². The second-order valence-corrected chi connectivity index (χ2v) is 6.34. The number of hydrogen-bond donors (Lipinski definition) is 0. The zero-order valence-corrected chi connectivity index (χ0v) is 15.7. The van der Waals surface area contributed by atoms with Crippen molar-refractivity contribution in [2.24, 2.45) is 0 Å². The molecule has 0 aliphatic rings. The first kappa shape index (κ1) is 20.1. The molecule has 0 aliphatic heterocycles. The molecule has 9 heteroatoms. The molecular formula is C19H11Cl2F3N2O2. The lowest BCUT2D eigenvalue weighted by molar-refractivity contribution is -0.136. The van der Waals surface area contributed by atoms with E-state index in [1.54, 1.807) is 0 Å². The third-order valence-electron chi connectivity index (χ3n) is 3.97. The van der Waals surface area contributed by atoms with E-state index in [9.17, 15) is 18.0 Å². The Morgan fingerprint density at radius 2 is 1.75 bits per heavy atom. The van der Waals surface area contributed by atoms with E-state index in [0.29, 0.717) is 6.29 Å². The molecule has 1 aromatic carbocycles. The zero-order valence-electron chi connectivity index (χ0n) is 14.2. The Morgan fingerprint density at radius 3 is 2.39 bits per heavy atom. The Kier molecular flexibility index (Phi) is 5.58. The number of nitrogens with zero attached hydrogens (tertiary/aromatic N) is 2. The van der Waals surface area contributed by atoms with Crippen molar-refractivity contribution in [1.82, 2.24) is 9.97 Å². The number of aldehydes is 1. The lowest BCUT2D eigenvalue weighted by Crippen LogP contribution is -2.10. The van der Waals surface area contributed by atoms with Crippen LogP contribution >= 0.6 is 23.2 Å². The highest BCUT2D eigenvalue weighted by Crippen LogP contribution is 2.45. The summed E-state index contributed by atoms with van der Waals surface area (Å²) in [6, 6.07) is 8.05. The first-order chi connectivity index (χ1) is 13.3. The molecule has 0 fully saturated rings. The Hall–Kier alpha value is -2.64. The Bertz CT molecular complexity index is 1060. The molecule has 4 nitrogen and oxygen atoms in total. The van der Waals surface area contributed by atoms with Crippen molar-refractivity contribution in [1.29, 1.82) is 0 Å². The first-order valence-electron chi connectivity index (χ1n) is 7.79. The van der Waals surface area contributed by atoms with Gasteiger partial charge in [-0.1, -0.05) is 41.4 Å². The van der Waals surface area contributed by atoms with Gasteiger partial charge in [-0.3, -0.25) is 4.79 Å². The molecule has 0 N–H and O–H groups in total. The third-order valence-corrected chi connectivity index (χ3v) is 4.74. The molecule has 0 saturated carbocycles. The number of carbonyl (C=O) groups excluding carboxylic acids is 1. The number of pyridine rings is 2. The van der Waals surface area contributed by atoms with E-state index in [1.807, 2.05) is 0 Å². The van der Waals surface area contributed by atoms with Crippen LogP contribution in [-0.2, 0) is 6.18 Å². The highest BCUT2D eigenvalue weighted by atomic mass is 35.5. The van der Waals surface area contributed by atoms with Crippen LogP contribution in [0.3, 0.4) is 0 Å². The topological polar surface area (TPSA) is 52.1 Å². The summed E-state index contributed by atoms with van der Waals surface area (Å²) in [5, 5.41) is -0.193. The number of methoxy groups -OCH3 is 1. The lowest BCUT2D eigenvalue weighted by Gasteiger charge is -2.18. The fourth-order valence-electron chi connectivity index (χ4n) is 2.78. The fourth-order valence-corrected chi connectivity index (χ4v) is 3.15. The van der Waals surface area contributed by atoms with Gasteiger partial charge in [0.25, 0.3) is 0 Å². The summed E-state index contributed by atoms with van der Waals surface area (Å²) in [6.07, 6.45) is -2.94. The van der Waals surface area contributed by atoms with Crippen molar-refractivity contribution in [3.05, 3.63) is 63.9 Å². The molecular weight excluding hydrogens is 416 g/mol. The van der Waals surface area contributed by atoms with Crippen molar-refractivity contribution in [2.45, 2.75) is 6.18 Å². The number of benzene rings is 1. The summed E-state index contributed by atoms with van der Waals surface area (Å²) in [5.41, 5.74) is -1.09. The normalized spacial score (nSPS) is 11.4. The van der Waals surface area contributed by atoms with Crippen LogP contribution in [0, 0.1) is 0 Å². The molecule has 0 atom stereocenters. The van der Waals surface area contributed by atoms with E-state index >= 15 is 0 Å². The number of halogens is 5. The van der Waals surface area contributed by atoms with Crippen LogP contribution in [-0.4, -0.2) is 23.4 Å². The molecule has 0 spiro atoms. The SMILES string of the molecule is COc1nc(-c2cccc(-c3ccnc(Cl)c3Cl)c2C(F)(F)F)ccc1C=O. The van der Waals surface area contributed by atoms with Gasteiger partial charge in [-0.2, -0.15) is 13.2 Å². The maximum absolute atomic E-state index is 14.0. The Balaban J connectivity index is 2.32. The molecule has 0 aliphatic carbocycles. The van der Waals surface area contributed by atoms with Crippen LogP contribution < -0.4 is 4.74 Å². The first-order valence-corrected chi connectivity index (χ1v) is 8.54. The number of hydrogen-bond acceptors (Lipinski definition) is 4. The van der Waals surface area contributed by atoms with Gasteiger partial charge in [0.15, 0.2) is 6.29 Å². The zero-order chi connectivity index (χ0) is 20.5. The van der Waals surface area contributed by atoms with Crippen LogP contribution in [0.1, 0.15) is 15.9 Å². The quantitative estimate of drug-likeness (QED) is 0.381. The van der Waals surface area contributed by atoms with Crippen LogP contribution in [0.2, 0.25) is 10.2 Å². The molecule has 3 rings (SSSR count). The number of ether oxygens (including phenoxy) is 1. The minimum absolute atomic E-state index is 0.00657. The van der Waals surface area contributed by atoms with E-state index in [1.165, 1.54) is 49.7 Å². The van der Waals surface area contributed by atoms with Gasteiger partial charge in [-0.05, 0) is 23.8 Å². The van der Waals surface area contributed by atoms with E-state index in [4.69, 9.17) is 27.9 Å². The van der Waals surface area contributed by atoms with Crippen LogP contribution in [0.5, 0.6) is 5.88 Å². The van der Waals surface area contributed by atoms with Crippen LogP contribution in [0.25, 0.3) is 22.4 Å². The van der Waals surface area contributed by atoms with Gasteiger partial charge in [0.1, 0.15) is 5.15 Å². The highest BCUT2D eigenvalue weighted by molar-refractivity contribution is 6.43. The van der Waals surface area contributed by atoms with Gasteiger partial charge in [-0.25, -0.2) is 9.97 Å². The summed E-state index contributed by atoms with van der Waals surface area (Å²) in [7, 11) is 1.28. The summed E-state index contributed by atoms with van der Waals surface area (Å²) < 4.78 is 47.1. The molecule has 3 aromatic rings. The lowest BCUT2D eigenvalue weighted by atomic mass is 9.93. The minimum Gasteiger partial charge on any atom is -0.480 e. The van der Waals surface area contributed by atoms with Gasteiger partial charge < -0.3 is 4.74 Å². The maximum atomic E-state index is 14.0. The monoisotopic (exact) mass is 426 g/mol. The van der Waals surface area contributed by atoms with E-state index in [-0.39, 0.29) is 44.0 Å². The summed E-state index contributed by atoms with van der Waals surface area (Å²) in [5.74, 6) is -0.0731. The van der Waals surface area contributed by atoms with Gasteiger partial charge >= 0.3 is 6.18 Å². The molecule has 0 radical (unpaired) electrons. The summed E-state index contributed by atoms with van der Waals surface area (Å²) >= 11 is 12.0. The van der Waals surface area contributed by atoms with Gasteiger partial charge in [0.05, 0.1) is 29.0 Å². The Morgan fingerprint density at radius 1 is 1.04 bits per heavy atom. The van der Waals surface area contributed by atoms with E-state index < -0.39 is 11.7 Å². The van der Waals surface area contributed by atoms with Gasteiger partial charge in [0.2, 0.25) is 5.88 Å². The standard InChI is InChI=1S/C19H11Cl2F3N2O2/c1-28-18-10(9-27)5-6-14(26-18)13-4-2-3-11(15(13)19(22,23)24)12-7-8-25-17(21)16(12)20/h2-9H,1H3. The van der Waals surface area contributed by atoms with Gasteiger partial charge in [-0.15, -0.1) is 0 Å². The molecule has 144 valence electrons. The average molecular weight is 427 g/mol.